The number of hydrogen-bond acceptors (Lipinski definition) is 3. The number of hydrazine groups is 1. The Morgan fingerprint density at radius 3 is 2.33 bits per heavy atom. The SMILES string of the molecule is C=C(C)C(COC(C)(C)C)NN. The lowest BCUT2D eigenvalue weighted by molar-refractivity contribution is -0.0100. The Hall–Kier alpha value is -0.380. The highest BCUT2D eigenvalue weighted by Gasteiger charge is 2.14. The Bertz CT molecular complexity index is 149. The molecule has 0 aliphatic heterocycles. The van der Waals surface area contributed by atoms with Crippen molar-refractivity contribution in [1.82, 2.24) is 5.43 Å². The molecule has 3 nitrogen and oxygen atoms in total. The molecule has 3 N–H and O–H groups in total. The van der Waals surface area contributed by atoms with E-state index in [1.54, 1.807) is 0 Å². The molecule has 0 heterocycles. The summed E-state index contributed by atoms with van der Waals surface area (Å²) >= 11 is 0. The highest BCUT2D eigenvalue weighted by Crippen LogP contribution is 2.08. The van der Waals surface area contributed by atoms with Gasteiger partial charge in [0.2, 0.25) is 0 Å². The molecule has 0 aromatic rings. The molecule has 0 spiro atoms. The van der Waals surface area contributed by atoms with Crippen molar-refractivity contribution in [2.24, 2.45) is 5.84 Å². The zero-order chi connectivity index (χ0) is 9.78. The number of nitrogens with one attached hydrogen (secondary N) is 1. The van der Waals surface area contributed by atoms with E-state index >= 15 is 0 Å². The first-order valence-electron chi connectivity index (χ1n) is 4.12. The lowest BCUT2D eigenvalue weighted by atomic mass is 10.1. The highest BCUT2D eigenvalue weighted by atomic mass is 16.5. The van der Waals surface area contributed by atoms with E-state index in [4.69, 9.17) is 10.6 Å². The average Bonchev–Trinajstić information content (AvgIpc) is 1.85. The Morgan fingerprint density at radius 1 is 1.58 bits per heavy atom. The van der Waals surface area contributed by atoms with E-state index in [0.29, 0.717) is 6.61 Å². The van der Waals surface area contributed by atoms with Crippen LogP contribution in [0.5, 0.6) is 0 Å². The van der Waals surface area contributed by atoms with E-state index in [0.717, 1.165) is 5.57 Å². The summed E-state index contributed by atoms with van der Waals surface area (Å²) in [7, 11) is 0. The van der Waals surface area contributed by atoms with Gasteiger partial charge < -0.3 is 4.74 Å². The first kappa shape index (κ1) is 11.6. The van der Waals surface area contributed by atoms with Crippen molar-refractivity contribution in [3.63, 3.8) is 0 Å². The molecule has 1 atom stereocenters. The van der Waals surface area contributed by atoms with Crippen LogP contribution in [0, 0.1) is 0 Å². The summed E-state index contributed by atoms with van der Waals surface area (Å²) in [5.41, 5.74) is 3.52. The van der Waals surface area contributed by atoms with Crippen LogP contribution in [0.2, 0.25) is 0 Å². The second-order valence-electron chi connectivity index (χ2n) is 3.99. The Morgan fingerprint density at radius 2 is 2.08 bits per heavy atom. The molecule has 1 unspecified atom stereocenters. The van der Waals surface area contributed by atoms with Gasteiger partial charge in [-0.1, -0.05) is 12.2 Å². The lowest BCUT2D eigenvalue weighted by Crippen LogP contribution is -2.41. The summed E-state index contributed by atoms with van der Waals surface area (Å²) < 4.78 is 5.54. The van der Waals surface area contributed by atoms with Crippen LogP contribution in [0.1, 0.15) is 27.7 Å². The molecule has 0 fully saturated rings. The molecule has 72 valence electrons. The third kappa shape index (κ3) is 5.29. The van der Waals surface area contributed by atoms with Crippen molar-refractivity contribution >= 4 is 0 Å². The van der Waals surface area contributed by atoms with E-state index in [2.05, 4.69) is 12.0 Å². The minimum Gasteiger partial charge on any atom is -0.374 e. The summed E-state index contributed by atoms with van der Waals surface area (Å²) in [5.74, 6) is 5.31. The van der Waals surface area contributed by atoms with E-state index in [1.807, 2.05) is 27.7 Å². The quantitative estimate of drug-likeness (QED) is 0.380. The van der Waals surface area contributed by atoms with Gasteiger partial charge in [-0.25, -0.2) is 0 Å². The maximum absolute atomic E-state index is 5.54. The molecule has 0 amide bonds. The zero-order valence-electron chi connectivity index (χ0n) is 8.48. The third-order valence-electron chi connectivity index (χ3n) is 1.48. The Kier molecular flexibility index (Phi) is 4.45. The smallest absolute Gasteiger partial charge is 0.0678 e. The fourth-order valence-electron chi connectivity index (χ4n) is 0.666. The average molecular weight is 172 g/mol. The third-order valence-corrected chi connectivity index (χ3v) is 1.48. The first-order valence-corrected chi connectivity index (χ1v) is 4.12. The number of hydrogen-bond donors (Lipinski definition) is 2. The van der Waals surface area contributed by atoms with Crippen LogP contribution < -0.4 is 11.3 Å². The second-order valence-corrected chi connectivity index (χ2v) is 3.99. The molecule has 12 heavy (non-hydrogen) atoms. The molecule has 0 aliphatic rings. The largest absolute Gasteiger partial charge is 0.374 e. The minimum absolute atomic E-state index is 0.0456. The van der Waals surface area contributed by atoms with Gasteiger partial charge in [-0.05, 0) is 27.7 Å². The molecule has 3 heteroatoms. The van der Waals surface area contributed by atoms with Gasteiger partial charge in [0, 0.05) is 0 Å². The van der Waals surface area contributed by atoms with Crippen molar-refractivity contribution in [2.75, 3.05) is 6.61 Å². The van der Waals surface area contributed by atoms with Crippen molar-refractivity contribution in [3.8, 4) is 0 Å². The number of ether oxygens (including phenoxy) is 1. The topological polar surface area (TPSA) is 47.3 Å². The molecule has 0 aromatic heterocycles. The van der Waals surface area contributed by atoms with Gasteiger partial charge in [0.05, 0.1) is 18.2 Å². The predicted octanol–water partition coefficient (Wildman–Crippen LogP) is 1.21. The highest BCUT2D eigenvalue weighted by molar-refractivity contribution is 5.00. The monoisotopic (exact) mass is 172 g/mol. The van der Waals surface area contributed by atoms with Gasteiger partial charge in [0.15, 0.2) is 0 Å². The van der Waals surface area contributed by atoms with Gasteiger partial charge >= 0.3 is 0 Å². The van der Waals surface area contributed by atoms with Crippen LogP contribution in [-0.2, 0) is 4.74 Å². The number of nitrogens with two attached hydrogens (primary N) is 1. The van der Waals surface area contributed by atoms with Crippen LogP contribution in [0.15, 0.2) is 12.2 Å². The minimum atomic E-state index is -0.120. The van der Waals surface area contributed by atoms with Crippen LogP contribution in [-0.4, -0.2) is 18.2 Å². The van der Waals surface area contributed by atoms with Gasteiger partial charge in [-0.3, -0.25) is 11.3 Å². The van der Waals surface area contributed by atoms with E-state index in [1.165, 1.54) is 0 Å². The summed E-state index contributed by atoms with van der Waals surface area (Å²) in [6.07, 6.45) is 0. The lowest BCUT2D eigenvalue weighted by Gasteiger charge is -2.24. The molecule has 0 rings (SSSR count). The summed E-state index contributed by atoms with van der Waals surface area (Å²) in [6, 6.07) is 0.0456. The van der Waals surface area contributed by atoms with Gasteiger partial charge in [0.25, 0.3) is 0 Å². The van der Waals surface area contributed by atoms with Crippen molar-refractivity contribution in [1.29, 1.82) is 0 Å². The Labute approximate surface area is 74.9 Å². The zero-order valence-corrected chi connectivity index (χ0v) is 8.48. The molecule has 0 aliphatic carbocycles. The maximum Gasteiger partial charge on any atom is 0.0678 e. The summed E-state index contributed by atoms with van der Waals surface area (Å²) in [6.45, 7) is 12.3. The maximum atomic E-state index is 5.54. The van der Waals surface area contributed by atoms with Crippen LogP contribution in [0.3, 0.4) is 0 Å². The van der Waals surface area contributed by atoms with Crippen LogP contribution in [0.25, 0.3) is 0 Å². The first-order chi connectivity index (χ1) is 5.37. The van der Waals surface area contributed by atoms with Crippen LogP contribution >= 0.6 is 0 Å². The van der Waals surface area contributed by atoms with Gasteiger partial charge in [-0.2, -0.15) is 0 Å². The second kappa shape index (κ2) is 4.60. The molecule has 0 saturated carbocycles. The van der Waals surface area contributed by atoms with Crippen molar-refractivity contribution in [2.45, 2.75) is 39.3 Å². The van der Waals surface area contributed by atoms with Crippen LogP contribution in [0.4, 0.5) is 0 Å². The molecular weight excluding hydrogens is 152 g/mol. The number of rotatable bonds is 4. The normalized spacial score (nSPS) is 14.4. The summed E-state index contributed by atoms with van der Waals surface area (Å²) in [4.78, 5) is 0. The Balaban J connectivity index is 3.81. The standard InChI is InChI=1S/C9H20N2O/c1-7(2)8(11-10)6-12-9(3,4)5/h8,11H,1,6,10H2,2-5H3. The van der Waals surface area contributed by atoms with E-state index < -0.39 is 0 Å². The van der Waals surface area contributed by atoms with Gasteiger partial charge in [0.1, 0.15) is 0 Å². The fourth-order valence-corrected chi connectivity index (χ4v) is 0.666. The van der Waals surface area contributed by atoms with Crippen molar-refractivity contribution < 1.29 is 4.74 Å². The molecular formula is C9H20N2O. The molecule has 0 bridgehead atoms. The molecule has 0 aromatic carbocycles. The van der Waals surface area contributed by atoms with E-state index in [9.17, 15) is 0 Å². The van der Waals surface area contributed by atoms with E-state index in [-0.39, 0.29) is 11.6 Å². The molecule has 0 saturated heterocycles. The molecule has 0 radical (unpaired) electrons. The fraction of sp³-hybridized carbons (Fsp3) is 0.778. The van der Waals surface area contributed by atoms with Crippen molar-refractivity contribution in [3.05, 3.63) is 12.2 Å². The summed E-state index contributed by atoms with van der Waals surface area (Å²) in [5, 5.41) is 0. The van der Waals surface area contributed by atoms with Gasteiger partial charge in [-0.15, -0.1) is 0 Å². The predicted molar refractivity (Wildman–Crippen MR) is 51.6 cm³/mol.